The summed E-state index contributed by atoms with van der Waals surface area (Å²) in [5.41, 5.74) is 0.308. The van der Waals surface area contributed by atoms with E-state index in [-0.39, 0.29) is 24.3 Å². The molecule has 0 aliphatic carbocycles. The van der Waals surface area contributed by atoms with Crippen molar-refractivity contribution in [2.75, 3.05) is 13.2 Å². The summed E-state index contributed by atoms with van der Waals surface area (Å²) in [6.07, 6.45) is 13.1. The Morgan fingerprint density at radius 1 is 0.667 bits per heavy atom. The zero-order chi connectivity index (χ0) is 12.9. The van der Waals surface area contributed by atoms with Crippen molar-refractivity contribution in [3.63, 3.8) is 0 Å². The number of aliphatic hydroxyl groups is 2. The highest BCUT2D eigenvalue weighted by atomic mass is 16.3. The van der Waals surface area contributed by atoms with Gasteiger partial charge in [0.25, 0.3) is 0 Å². The lowest BCUT2D eigenvalue weighted by atomic mass is 9.87. The predicted octanol–water partition coefficient (Wildman–Crippen LogP) is 2.36. The lowest BCUT2D eigenvalue weighted by Gasteiger charge is -2.37. The van der Waals surface area contributed by atoms with Crippen molar-refractivity contribution in [2.45, 2.75) is 81.7 Å². The van der Waals surface area contributed by atoms with Crippen molar-refractivity contribution < 1.29 is 10.2 Å². The molecular formula is C15H29NO2. The van der Waals surface area contributed by atoms with Crippen molar-refractivity contribution in [1.82, 2.24) is 5.32 Å². The van der Waals surface area contributed by atoms with Gasteiger partial charge in [0, 0.05) is 24.3 Å². The van der Waals surface area contributed by atoms with Gasteiger partial charge in [-0.2, -0.15) is 0 Å². The van der Waals surface area contributed by atoms with E-state index in [1.54, 1.807) is 0 Å². The minimum atomic E-state index is 0.154. The number of hydrogen-bond acceptors (Lipinski definition) is 3. The largest absolute Gasteiger partial charge is 0.396 e. The second-order valence-corrected chi connectivity index (χ2v) is 6.40. The molecule has 2 atom stereocenters. The Balaban J connectivity index is 2.09. The summed E-state index contributed by atoms with van der Waals surface area (Å²) < 4.78 is 0. The molecule has 2 saturated heterocycles. The highest BCUT2D eigenvalue weighted by Crippen LogP contribution is 2.41. The number of rotatable bonds is 4. The Bertz CT molecular complexity index is 235. The summed E-state index contributed by atoms with van der Waals surface area (Å²) in [6.45, 7) is 0.560. The first-order chi connectivity index (χ1) is 8.74. The second kappa shape index (κ2) is 6.36. The van der Waals surface area contributed by atoms with E-state index >= 15 is 0 Å². The van der Waals surface area contributed by atoms with Crippen LogP contribution in [0.2, 0.25) is 0 Å². The molecule has 2 heterocycles. The third-order valence-electron chi connectivity index (χ3n) is 5.10. The van der Waals surface area contributed by atoms with Crippen molar-refractivity contribution in [1.29, 1.82) is 0 Å². The number of hydrogen-bond donors (Lipinski definition) is 3. The molecule has 106 valence electrons. The fourth-order valence-corrected chi connectivity index (χ4v) is 4.05. The Kier molecular flexibility index (Phi) is 5.05. The first-order valence-electron chi connectivity index (χ1n) is 7.75. The van der Waals surface area contributed by atoms with E-state index in [9.17, 15) is 10.2 Å². The first-order valence-corrected chi connectivity index (χ1v) is 7.75. The minimum absolute atomic E-state index is 0.154. The maximum Gasteiger partial charge on any atom is 0.0448 e. The average molecular weight is 255 g/mol. The zero-order valence-corrected chi connectivity index (χ0v) is 11.6. The highest BCUT2D eigenvalue weighted by Gasteiger charge is 2.45. The molecule has 3 N–H and O–H groups in total. The SMILES string of the molecule is OCCC12CCCCCCCC(CCO)(CC1)N2. The van der Waals surface area contributed by atoms with Gasteiger partial charge < -0.3 is 15.5 Å². The number of nitrogens with one attached hydrogen (secondary N) is 1. The highest BCUT2D eigenvalue weighted by molar-refractivity contribution is 5.06. The van der Waals surface area contributed by atoms with Gasteiger partial charge in [-0.3, -0.25) is 0 Å². The Hall–Kier alpha value is -0.120. The summed E-state index contributed by atoms with van der Waals surface area (Å²) in [5, 5.41) is 22.6. The van der Waals surface area contributed by atoms with Crippen LogP contribution in [-0.4, -0.2) is 34.5 Å². The van der Waals surface area contributed by atoms with Gasteiger partial charge in [-0.05, 0) is 38.5 Å². The monoisotopic (exact) mass is 255 g/mol. The maximum absolute atomic E-state index is 9.35. The molecular weight excluding hydrogens is 226 g/mol. The Labute approximate surface area is 111 Å². The van der Waals surface area contributed by atoms with Crippen LogP contribution in [0.25, 0.3) is 0 Å². The minimum Gasteiger partial charge on any atom is -0.396 e. The summed E-state index contributed by atoms with van der Waals surface area (Å²) in [6, 6.07) is 0. The van der Waals surface area contributed by atoms with E-state index in [2.05, 4.69) is 5.32 Å². The van der Waals surface area contributed by atoms with Crippen molar-refractivity contribution in [3.05, 3.63) is 0 Å². The van der Waals surface area contributed by atoms with E-state index < -0.39 is 0 Å². The molecule has 18 heavy (non-hydrogen) atoms. The van der Waals surface area contributed by atoms with Gasteiger partial charge in [0.1, 0.15) is 0 Å². The molecule has 3 nitrogen and oxygen atoms in total. The lowest BCUT2D eigenvalue weighted by molar-refractivity contribution is 0.162. The van der Waals surface area contributed by atoms with Crippen LogP contribution in [0.4, 0.5) is 0 Å². The molecule has 3 heteroatoms. The van der Waals surface area contributed by atoms with Crippen LogP contribution in [0.5, 0.6) is 0 Å². The molecule has 2 fully saturated rings. The van der Waals surface area contributed by atoms with Gasteiger partial charge in [0.05, 0.1) is 0 Å². The van der Waals surface area contributed by atoms with Crippen LogP contribution in [-0.2, 0) is 0 Å². The third-order valence-corrected chi connectivity index (χ3v) is 5.10. The molecule has 0 aromatic heterocycles. The molecule has 2 bridgehead atoms. The fourth-order valence-electron chi connectivity index (χ4n) is 4.05. The lowest BCUT2D eigenvalue weighted by Crippen LogP contribution is -2.51. The van der Waals surface area contributed by atoms with Crippen LogP contribution in [0.3, 0.4) is 0 Å². The molecule has 0 saturated carbocycles. The van der Waals surface area contributed by atoms with Gasteiger partial charge in [0.2, 0.25) is 0 Å². The molecule has 0 radical (unpaired) electrons. The van der Waals surface area contributed by atoms with Gasteiger partial charge in [-0.1, -0.05) is 32.1 Å². The zero-order valence-electron chi connectivity index (χ0n) is 11.6. The number of aliphatic hydroxyl groups excluding tert-OH is 2. The molecule has 0 aromatic carbocycles. The van der Waals surface area contributed by atoms with Crippen LogP contribution in [0.15, 0.2) is 0 Å². The van der Waals surface area contributed by atoms with E-state index in [0.717, 1.165) is 12.8 Å². The summed E-state index contributed by atoms with van der Waals surface area (Å²) >= 11 is 0. The van der Waals surface area contributed by atoms with E-state index in [0.29, 0.717) is 0 Å². The fraction of sp³-hybridized carbons (Fsp3) is 1.00. The third kappa shape index (κ3) is 3.25. The molecule has 0 spiro atoms. The van der Waals surface area contributed by atoms with Crippen LogP contribution in [0.1, 0.15) is 70.6 Å². The van der Waals surface area contributed by atoms with Gasteiger partial charge >= 0.3 is 0 Å². The van der Waals surface area contributed by atoms with E-state index in [4.69, 9.17) is 0 Å². The van der Waals surface area contributed by atoms with Crippen molar-refractivity contribution in [2.24, 2.45) is 0 Å². The van der Waals surface area contributed by atoms with Gasteiger partial charge in [-0.25, -0.2) is 0 Å². The standard InChI is InChI=1S/C15H29NO2/c17-12-10-14-6-4-2-1-3-5-7-15(16-14,9-8-14)11-13-18/h16-18H,1-13H2. The topological polar surface area (TPSA) is 52.5 Å². The average Bonchev–Trinajstić information content (AvgIpc) is 2.68. The van der Waals surface area contributed by atoms with Crippen LogP contribution < -0.4 is 5.32 Å². The normalized spacial score (nSPS) is 37.7. The second-order valence-electron chi connectivity index (χ2n) is 6.40. The van der Waals surface area contributed by atoms with Crippen LogP contribution >= 0.6 is 0 Å². The molecule has 0 amide bonds. The molecule has 2 unspecified atom stereocenters. The van der Waals surface area contributed by atoms with E-state index in [1.165, 1.54) is 57.8 Å². The molecule has 2 rings (SSSR count). The van der Waals surface area contributed by atoms with Crippen molar-refractivity contribution >= 4 is 0 Å². The predicted molar refractivity (Wildman–Crippen MR) is 73.6 cm³/mol. The Morgan fingerprint density at radius 3 is 1.56 bits per heavy atom. The first kappa shape index (κ1) is 14.3. The van der Waals surface area contributed by atoms with Gasteiger partial charge in [-0.15, -0.1) is 0 Å². The molecule has 2 aliphatic rings. The number of fused-ring (bicyclic) bond motifs is 2. The quantitative estimate of drug-likeness (QED) is 0.723. The summed E-state index contributed by atoms with van der Waals surface area (Å²) in [4.78, 5) is 0. The molecule has 2 aliphatic heterocycles. The molecule has 0 aromatic rings. The van der Waals surface area contributed by atoms with Crippen molar-refractivity contribution in [3.8, 4) is 0 Å². The van der Waals surface area contributed by atoms with E-state index in [1.807, 2.05) is 0 Å². The summed E-state index contributed by atoms with van der Waals surface area (Å²) in [7, 11) is 0. The van der Waals surface area contributed by atoms with Crippen LogP contribution in [0, 0.1) is 0 Å². The van der Waals surface area contributed by atoms with Gasteiger partial charge in [0.15, 0.2) is 0 Å². The smallest absolute Gasteiger partial charge is 0.0448 e. The maximum atomic E-state index is 9.35. The Morgan fingerprint density at radius 2 is 1.11 bits per heavy atom. The summed E-state index contributed by atoms with van der Waals surface area (Å²) in [5.74, 6) is 0.